The van der Waals surface area contributed by atoms with Gasteiger partial charge in [-0.25, -0.2) is 18.9 Å². The molecule has 1 unspecified atom stereocenters. The molecular weight excluding hydrogens is 389 g/mol. The molecule has 0 saturated carbocycles. The third-order valence-electron chi connectivity index (χ3n) is 3.89. The first-order chi connectivity index (χ1) is 13.4. The molecule has 3 aromatic heterocycles. The lowest BCUT2D eigenvalue weighted by atomic mass is 10.1. The average molecular weight is 406 g/mol. The number of nitrogens with one attached hydrogen (secondary N) is 1. The highest BCUT2D eigenvalue weighted by Gasteiger charge is 2.19. The number of hydrazone groups is 1. The summed E-state index contributed by atoms with van der Waals surface area (Å²) in [6.45, 7) is 1.60. The molecule has 28 heavy (non-hydrogen) atoms. The Balaban J connectivity index is 1.95. The summed E-state index contributed by atoms with van der Waals surface area (Å²) in [5.41, 5.74) is 1.52. The number of rotatable bonds is 7. The number of hydrogen-bond acceptors (Lipinski definition) is 8. The first-order valence-electron chi connectivity index (χ1n) is 8.08. The molecule has 146 valence electrons. The Kier molecular flexibility index (Phi) is 5.81. The van der Waals surface area contributed by atoms with Gasteiger partial charge in [-0.3, -0.25) is 0 Å². The van der Waals surface area contributed by atoms with E-state index < -0.39 is 11.9 Å². The molecule has 0 spiro atoms. The highest BCUT2D eigenvalue weighted by Crippen LogP contribution is 2.29. The molecule has 11 heteroatoms. The van der Waals surface area contributed by atoms with Gasteiger partial charge in [0, 0.05) is 18.9 Å². The van der Waals surface area contributed by atoms with Gasteiger partial charge in [-0.05, 0) is 13.0 Å². The normalized spacial score (nSPS) is 12.9. The van der Waals surface area contributed by atoms with E-state index in [2.05, 4.69) is 20.2 Å². The molecule has 1 atom stereocenters. The van der Waals surface area contributed by atoms with Crippen LogP contribution in [0.2, 0.25) is 5.02 Å². The van der Waals surface area contributed by atoms with Gasteiger partial charge in [-0.2, -0.15) is 10.2 Å². The maximum absolute atomic E-state index is 13.0. The fraction of sp³-hybridized carbons (Fsp3) is 0.235. The first-order valence-corrected chi connectivity index (χ1v) is 8.46. The SMILES string of the molecule is COC(COc1cc(C(=NN)C(C)=N)cn2ncc(Cl)c12)c1ncc(F)cn1. The highest BCUT2D eigenvalue weighted by molar-refractivity contribution is 6.46. The Morgan fingerprint density at radius 2 is 2.11 bits per heavy atom. The lowest BCUT2D eigenvalue weighted by Gasteiger charge is -2.16. The predicted octanol–water partition coefficient (Wildman–Crippen LogP) is 2.39. The van der Waals surface area contributed by atoms with Crippen LogP contribution in [0.15, 0.2) is 36.0 Å². The number of aromatic nitrogens is 4. The summed E-state index contributed by atoms with van der Waals surface area (Å²) in [5.74, 6) is 5.53. The summed E-state index contributed by atoms with van der Waals surface area (Å²) in [6, 6.07) is 1.66. The van der Waals surface area contributed by atoms with Crippen LogP contribution in [0.5, 0.6) is 5.75 Å². The van der Waals surface area contributed by atoms with Gasteiger partial charge in [-0.1, -0.05) is 11.6 Å². The third kappa shape index (κ3) is 3.92. The fourth-order valence-electron chi connectivity index (χ4n) is 2.58. The Hall–Kier alpha value is -3.11. The Labute approximate surface area is 164 Å². The summed E-state index contributed by atoms with van der Waals surface area (Å²) < 4.78 is 25.8. The fourth-order valence-corrected chi connectivity index (χ4v) is 2.80. The zero-order valence-electron chi connectivity index (χ0n) is 15.1. The molecule has 0 aliphatic rings. The average Bonchev–Trinajstić information content (AvgIpc) is 3.05. The van der Waals surface area contributed by atoms with Gasteiger partial charge in [0.2, 0.25) is 0 Å². The van der Waals surface area contributed by atoms with Crippen molar-refractivity contribution in [1.82, 2.24) is 19.6 Å². The van der Waals surface area contributed by atoms with E-state index in [1.807, 2.05) is 0 Å². The lowest BCUT2D eigenvalue weighted by Crippen LogP contribution is -2.17. The van der Waals surface area contributed by atoms with Crippen LogP contribution >= 0.6 is 11.6 Å². The van der Waals surface area contributed by atoms with E-state index in [1.165, 1.54) is 17.8 Å². The molecule has 0 aliphatic carbocycles. The molecule has 3 heterocycles. The van der Waals surface area contributed by atoms with Gasteiger partial charge < -0.3 is 20.7 Å². The maximum Gasteiger partial charge on any atom is 0.160 e. The highest BCUT2D eigenvalue weighted by atomic mass is 35.5. The number of pyridine rings is 1. The minimum Gasteiger partial charge on any atom is -0.488 e. The van der Waals surface area contributed by atoms with Gasteiger partial charge in [0.25, 0.3) is 0 Å². The maximum atomic E-state index is 13.0. The van der Waals surface area contributed by atoms with Crippen LogP contribution in [-0.4, -0.2) is 44.7 Å². The largest absolute Gasteiger partial charge is 0.488 e. The predicted molar refractivity (Wildman–Crippen MR) is 102 cm³/mol. The van der Waals surface area contributed by atoms with Crippen molar-refractivity contribution in [2.75, 3.05) is 13.7 Å². The van der Waals surface area contributed by atoms with E-state index in [1.54, 1.807) is 19.2 Å². The van der Waals surface area contributed by atoms with Crippen LogP contribution in [0, 0.1) is 11.2 Å². The zero-order valence-corrected chi connectivity index (χ0v) is 15.8. The van der Waals surface area contributed by atoms with Crippen LogP contribution in [0.25, 0.3) is 5.52 Å². The summed E-state index contributed by atoms with van der Waals surface area (Å²) in [5, 5.41) is 16.0. The van der Waals surface area contributed by atoms with Gasteiger partial charge >= 0.3 is 0 Å². The molecule has 9 nitrogen and oxygen atoms in total. The molecule has 0 saturated heterocycles. The number of ether oxygens (including phenoxy) is 2. The second-order valence-corrected chi connectivity index (χ2v) is 6.18. The second-order valence-electron chi connectivity index (χ2n) is 5.78. The molecule has 0 aliphatic heterocycles. The van der Waals surface area contributed by atoms with Gasteiger partial charge in [0.1, 0.15) is 23.6 Å². The number of nitrogens with two attached hydrogens (primary N) is 1. The van der Waals surface area contributed by atoms with Crippen molar-refractivity contribution >= 4 is 28.5 Å². The Morgan fingerprint density at radius 1 is 1.39 bits per heavy atom. The van der Waals surface area contributed by atoms with Crippen LogP contribution in [0.3, 0.4) is 0 Å². The molecule has 3 rings (SSSR count). The smallest absolute Gasteiger partial charge is 0.160 e. The number of methoxy groups -OCH3 is 1. The third-order valence-corrected chi connectivity index (χ3v) is 4.17. The number of fused-ring (bicyclic) bond motifs is 1. The van der Waals surface area contributed by atoms with E-state index in [9.17, 15) is 4.39 Å². The van der Waals surface area contributed by atoms with E-state index in [-0.39, 0.29) is 23.9 Å². The standard InChI is InChI=1S/C17H17ClFN7O2/c1-9(20)15(25-21)10-3-13(16-12(18)6-24-26(16)7-10)28-8-14(27-2)17-22-4-11(19)5-23-17/h3-7,14,20H,8,21H2,1-2H3. The molecule has 3 aromatic rings. The first kappa shape index (κ1) is 19.6. The van der Waals surface area contributed by atoms with Gasteiger partial charge in [0.15, 0.2) is 17.7 Å². The van der Waals surface area contributed by atoms with Crippen LogP contribution in [0.1, 0.15) is 24.4 Å². The summed E-state index contributed by atoms with van der Waals surface area (Å²) >= 11 is 6.23. The topological polar surface area (TPSA) is 124 Å². The summed E-state index contributed by atoms with van der Waals surface area (Å²) in [6.07, 6.45) is 4.59. The van der Waals surface area contributed by atoms with Gasteiger partial charge in [-0.15, -0.1) is 0 Å². The molecular formula is C17H17ClFN7O2. The number of halogens is 2. The van der Waals surface area contributed by atoms with Crippen molar-refractivity contribution in [2.45, 2.75) is 13.0 Å². The quantitative estimate of drug-likeness (QED) is 0.353. The van der Waals surface area contributed by atoms with Crippen molar-refractivity contribution in [3.8, 4) is 5.75 Å². The van der Waals surface area contributed by atoms with E-state index >= 15 is 0 Å². The van der Waals surface area contributed by atoms with Crippen LogP contribution in [0.4, 0.5) is 4.39 Å². The minimum absolute atomic E-state index is 0.0292. The summed E-state index contributed by atoms with van der Waals surface area (Å²) in [7, 11) is 1.47. The zero-order chi connectivity index (χ0) is 20.3. The molecule has 0 radical (unpaired) electrons. The van der Waals surface area contributed by atoms with Crippen molar-refractivity contribution in [1.29, 1.82) is 5.41 Å². The van der Waals surface area contributed by atoms with Crippen LogP contribution < -0.4 is 10.6 Å². The van der Waals surface area contributed by atoms with E-state index in [0.29, 0.717) is 21.9 Å². The molecule has 0 fully saturated rings. The lowest BCUT2D eigenvalue weighted by molar-refractivity contribution is 0.0515. The minimum atomic E-state index is -0.641. The molecule has 3 N–H and O–H groups in total. The molecule has 0 amide bonds. The van der Waals surface area contributed by atoms with Gasteiger partial charge in [0.05, 0.1) is 29.3 Å². The second kappa shape index (κ2) is 8.28. The molecule has 0 bridgehead atoms. The monoisotopic (exact) mass is 405 g/mol. The van der Waals surface area contributed by atoms with Crippen molar-refractivity contribution < 1.29 is 13.9 Å². The number of hydrogen-bond donors (Lipinski definition) is 2. The van der Waals surface area contributed by atoms with E-state index in [0.717, 1.165) is 12.4 Å². The van der Waals surface area contributed by atoms with Crippen molar-refractivity contribution in [3.05, 3.63) is 53.1 Å². The summed E-state index contributed by atoms with van der Waals surface area (Å²) in [4.78, 5) is 7.83. The number of nitrogens with zero attached hydrogens (tertiary/aromatic N) is 5. The Morgan fingerprint density at radius 3 is 2.71 bits per heavy atom. The van der Waals surface area contributed by atoms with Crippen molar-refractivity contribution in [3.63, 3.8) is 0 Å². The van der Waals surface area contributed by atoms with E-state index in [4.69, 9.17) is 32.3 Å². The van der Waals surface area contributed by atoms with Crippen molar-refractivity contribution in [2.24, 2.45) is 10.9 Å². The molecule has 0 aromatic carbocycles. The van der Waals surface area contributed by atoms with Crippen LogP contribution in [-0.2, 0) is 4.74 Å². The Bertz CT molecular complexity index is 1040.